The Morgan fingerprint density at radius 3 is 2.60 bits per heavy atom. The van der Waals surface area contributed by atoms with Gasteiger partial charge >= 0.3 is 0 Å². The van der Waals surface area contributed by atoms with Gasteiger partial charge in [0, 0.05) is 30.9 Å². The van der Waals surface area contributed by atoms with Gasteiger partial charge in [-0.05, 0) is 45.9 Å². The number of nitrogen functional groups attached to an aromatic ring is 1. The van der Waals surface area contributed by atoms with Crippen LogP contribution in [0.15, 0.2) is 18.2 Å². The van der Waals surface area contributed by atoms with E-state index >= 15 is 0 Å². The fourth-order valence-corrected chi connectivity index (χ4v) is 3.36. The first-order valence-corrected chi connectivity index (χ1v) is 7.94. The Labute approximate surface area is 125 Å². The topological polar surface area (TPSA) is 54.2 Å². The SMILES string of the molecule is CC(C)N(CCNc1nc2ccc(N)cc2s1)C(C)C. The number of anilines is 2. The summed E-state index contributed by atoms with van der Waals surface area (Å²) < 4.78 is 1.14. The van der Waals surface area contributed by atoms with Crippen molar-refractivity contribution in [3.63, 3.8) is 0 Å². The van der Waals surface area contributed by atoms with Crippen molar-refractivity contribution in [3.05, 3.63) is 18.2 Å². The summed E-state index contributed by atoms with van der Waals surface area (Å²) in [5.74, 6) is 0. The Morgan fingerprint density at radius 1 is 1.25 bits per heavy atom. The molecule has 20 heavy (non-hydrogen) atoms. The molecule has 0 aliphatic rings. The number of fused-ring (bicyclic) bond motifs is 1. The summed E-state index contributed by atoms with van der Waals surface area (Å²) >= 11 is 1.66. The summed E-state index contributed by atoms with van der Waals surface area (Å²) in [4.78, 5) is 7.04. The highest BCUT2D eigenvalue weighted by molar-refractivity contribution is 7.22. The van der Waals surface area contributed by atoms with Gasteiger partial charge in [0.2, 0.25) is 0 Å². The Balaban J connectivity index is 1.95. The number of benzene rings is 1. The predicted molar refractivity (Wildman–Crippen MR) is 89.5 cm³/mol. The molecule has 0 radical (unpaired) electrons. The highest BCUT2D eigenvalue weighted by Crippen LogP contribution is 2.27. The average molecular weight is 292 g/mol. The lowest BCUT2D eigenvalue weighted by Crippen LogP contribution is -2.40. The van der Waals surface area contributed by atoms with E-state index in [4.69, 9.17) is 5.73 Å². The minimum Gasteiger partial charge on any atom is -0.399 e. The van der Waals surface area contributed by atoms with E-state index in [0.29, 0.717) is 12.1 Å². The van der Waals surface area contributed by atoms with Crippen LogP contribution in [0.5, 0.6) is 0 Å². The lowest BCUT2D eigenvalue weighted by atomic mass is 10.2. The van der Waals surface area contributed by atoms with E-state index < -0.39 is 0 Å². The smallest absolute Gasteiger partial charge is 0.183 e. The number of aromatic nitrogens is 1. The predicted octanol–water partition coefficient (Wildman–Crippen LogP) is 3.41. The van der Waals surface area contributed by atoms with Gasteiger partial charge in [0.05, 0.1) is 10.2 Å². The van der Waals surface area contributed by atoms with E-state index in [9.17, 15) is 0 Å². The number of hydrogen-bond acceptors (Lipinski definition) is 5. The Bertz CT molecular complexity index is 554. The van der Waals surface area contributed by atoms with Crippen molar-refractivity contribution in [2.75, 3.05) is 24.1 Å². The third-order valence-corrected chi connectivity index (χ3v) is 4.36. The van der Waals surface area contributed by atoms with Crippen molar-refractivity contribution in [1.82, 2.24) is 9.88 Å². The number of nitrogens with zero attached hydrogens (tertiary/aromatic N) is 2. The molecule has 0 fully saturated rings. The fraction of sp³-hybridized carbons (Fsp3) is 0.533. The number of thiazole rings is 1. The Morgan fingerprint density at radius 2 is 1.95 bits per heavy atom. The molecule has 1 heterocycles. The maximum absolute atomic E-state index is 5.79. The maximum Gasteiger partial charge on any atom is 0.183 e. The lowest BCUT2D eigenvalue weighted by molar-refractivity contribution is 0.182. The molecule has 0 spiro atoms. The molecule has 0 atom stereocenters. The number of rotatable bonds is 6. The van der Waals surface area contributed by atoms with E-state index in [-0.39, 0.29) is 0 Å². The van der Waals surface area contributed by atoms with Gasteiger partial charge < -0.3 is 11.1 Å². The first kappa shape index (κ1) is 15.1. The number of hydrogen-bond donors (Lipinski definition) is 2. The molecular weight excluding hydrogens is 268 g/mol. The van der Waals surface area contributed by atoms with E-state index in [1.165, 1.54) is 0 Å². The number of nitrogens with two attached hydrogens (primary N) is 1. The standard InChI is InChI=1S/C15H24N4S/c1-10(2)19(11(3)4)8-7-17-15-18-13-6-5-12(16)9-14(13)20-15/h5-6,9-11H,7-8,16H2,1-4H3,(H,17,18). The quantitative estimate of drug-likeness (QED) is 0.801. The van der Waals surface area contributed by atoms with Crippen LogP contribution in [0.3, 0.4) is 0 Å². The van der Waals surface area contributed by atoms with E-state index in [1.807, 2.05) is 18.2 Å². The second-order valence-corrected chi connectivity index (χ2v) is 6.63. The van der Waals surface area contributed by atoms with Crippen LogP contribution in [0.25, 0.3) is 10.2 Å². The van der Waals surface area contributed by atoms with Gasteiger partial charge in [-0.2, -0.15) is 0 Å². The largest absolute Gasteiger partial charge is 0.399 e. The van der Waals surface area contributed by atoms with Gasteiger partial charge in [-0.15, -0.1) is 0 Å². The molecule has 4 nitrogen and oxygen atoms in total. The molecule has 2 rings (SSSR count). The van der Waals surface area contributed by atoms with Gasteiger partial charge in [-0.25, -0.2) is 4.98 Å². The summed E-state index contributed by atoms with van der Waals surface area (Å²) in [5.41, 5.74) is 7.59. The van der Waals surface area contributed by atoms with Gasteiger partial charge in [0.1, 0.15) is 0 Å². The van der Waals surface area contributed by atoms with Crippen molar-refractivity contribution < 1.29 is 0 Å². The van der Waals surface area contributed by atoms with Crippen LogP contribution in [0, 0.1) is 0 Å². The zero-order chi connectivity index (χ0) is 14.7. The first-order chi connectivity index (χ1) is 9.47. The van der Waals surface area contributed by atoms with Gasteiger partial charge in [-0.1, -0.05) is 11.3 Å². The normalized spacial score (nSPS) is 11.9. The summed E-state index contributed by atoms with van der Waals surface area (Å²) in [6, 6.07) is 6.97. The van der Waals surface area contributed by atoms with Gasteiger partial charge in [-0.3, -0.25) is 4.90 Å². The molecule has 3 N–H and O–H groups in total. The van der Waals surface area contributed by atoms with Crippen molar-refractivity contribution in [3.8, 4) is 0 Å². The number of nitrogens with one attached hydrogen (secondary N) is 1. The van der Waals surface area contributed by atoms with Gasteiger partial charge in [0.25, 0.3) is 0 Å². The van der Waals surface area contributed by atoms with E-state index in [0.717, 1.165) is 34.1 Å². The lowest BCUT2D eigenvalue weighted by Gasteiger charge is -2.30. The van der Waals surface area contributed by atoms with Crippen LogP contribution < -0.4 is 11.1 Å². The van der Waals surface area contributed by atoms with Crippen LogP contribution in [0.4, 0.5) is 10.8 Å². The minimum absolute atomic E-state index is 0.562. The van der Waals surface area contributed by atoms with E-state index in [1.54, 1.807) is 11.3 Å². The summed E-state index contributed by atoms with van der Waals surface area (Å²) in [6.07, 6.45) is 0. The Hall–Kier alpha value is -1.33. The zero-order valence-corrected chi connectivity index (χ0v) is 13.5. The Kier molecular flexibility index (Phi) is 4.83. The van der Waals surface area contributed by atoms with Crippen LogP contribution in [0.1, 0.15) is 27.7 Å². The van der Waals surface area contributed by atoms with Crippen molar-refractivity contribution in [2.24, 2.45) is 0 Å². The second-order valence-electron chi connectivity index (χ2n) is 5.60. The molecule has 0 saturated carbocycles. The minimum atomic E-state index is 0.562. The molecule has 0 amide bonds. The molecule has 1 aromatic carbocycles. The highest BCUT2D eigenvalue weighted by Gasteiger charge is 2.12. The third-order valence-electron chi connectivity index (χ3n) is 3.39. The molecule has 2 aromatic rings. The van der Waals surface area contributed by atoms with E-state index in [2.05, 4.69) is 42.9 Å². The molecule has 1 aromatic heterocycles. The molecule has 110 valence electrons. The zero-order valence-electron chi connectivity index (χ0n) is 12.7. The van der Waals surface area contributed by atoms with Crippen LogP contribution in [-0.2, 0) is 0 Å². The second kappa shape index (κ2) is 6.41. The highest BCUT2D eigenvalue weighted by atomic mass is 32.1. The van der Waals surface area contributed by atoms with Crippen LogP contribution in [0.2, 0.25) is 0 Å². The molecule has 0 unspecified atom stereocenters. The van der Waals surface area contributed by atoms with Crippen LogP contribution >= 0.6 is 11.3 Å². The van der Waals surface area contributed by atoms with Crippen molar-refractivity contribution >= 4 is 32.4 Å². The summed E-state index contributed by atoms with van der Waals surface area (Å²) in [7, 11) is 0. The third kappa shape index (κ3) is 3.61. The van der Waals surface area contributed by atoms with Gasteiger partial charge in [0.15, 0.2) is 5.13 Å². The molecule has 0 saturated heterocycles. The monoisotopic (exact) mass is 292 g/mol. The average Bonchev–Trinajstić information content (AvgIpc) is 2.75. The first-order valence-electron chi connectivity index (χ1n) is 7.13. The fourth-order valence-electron chi connectivity index (χ4n) is 2.42. The molecular formula is C15H24N4S. The molecule has 0 aliphatic heterocycles. The molecule has 0 aliphatic carbocycles. The summed E-state index contributed by atoms with van der Waals surface area (Å²) in [5, 5.41) is 4.39. The maximum atomic E-state index is 5.79. The summed E-state index contributed by atoms with van der Waals surface area (Å²) in [6.45, 7) is 10.9. The molecule has 5 heteroatoms. The van der Waals surface area contributed by atoms with Crippen molar-refractivity contribution in [1.29, 1.82) is 0 Å². The van der Waals surface area contributed by atoms with Crippen LogP contribution in [-0.4, -0.2) is 35.1 Å². The molecule has 0 bridgehead atoms. The van der Waals surface area contributed by atoms with Crippen molar-refractivity contribution in [2.45, 2.75) is 39.8 Å².